The average molecular weight is 384 g/mol. The monoisotopic (exact) mass is 384 g/mol. The maximum absolute atomic E-state index is 12.4. The second kappa shape index (κ2) is 8.01. The Balaban J connectivity index is 1.91. The van der Waals surface area contributed by atoms with Gasteiger partial charge in [-0.05, 0) is 43.3 Å². The molecule has 3 rings (SSSR count). The van der Waals surface area contributed by atoms with Crippen molar-refractivity contribution in [2.75, 3.05) is 6.61 Å². The second-order valence-electron chi connectivity index (χ2n) is 5.64. The van der Waals surface area contributed by atoms with Gasteiger partial charge >= 0.3 is 11.6 Å². The number of ether oxygens (including phenoxy) is 1. The number of carboxylic acids is 1. The van der Waals surface area contributed by atoms with Crippen molar-refractivity contribution < 1.29 is 24.2 Å². The molecule has 0 aliphatic heterocycles. The number of hydrogen-bond acceptors (Lipinski definition) is 6. The van der Waals surface area contributed by atoms with Crippen molar-refractivity contribution in [3.8, 4) is 22.8 Å². The third kappa shape index (κ3) is 4.32. The lowest BCUT2D eigenvalue weighted by molar-refractivity contribution is -0.139. The van der Waals surface area contributed by atoms with E-state index in [0.29, 0.717) is 16.9 Å². The van der Waals surface area contributed by atoms with Gasteiger partial charge in [0, 0.05) is 16.0 Å². The molecule has 2 aromatic carbocycles. The summed E-state index contributed by atoms with van der Waals surface area (Å²) in [7, 11) is 0. The van der Waals surface area contributed by atoms with E-state index >= 15 is 0 Å². The first kappa shape index (κ1) is 18.6. The number of carboxylic acid groups (broad SMARTS) is 1. The highest BCUT2D eigenvalue weighted by atomic mass is 32.2. The number of rotatable bonds is 6. The number of aromatic hydroxyl groups is 1. The minimum absolute atomic E-state index is 0.124. The SMILES string of the molecule is Cc1c(-c2ccc(OCC(=O)O)cc2)oc(=O)c(Sc2ccccc2)c1O. The van der Waals surface area contributed by atoms with Crippen LogP contribution in [0.15, 0.2) is 73.6 Å². The fraction of sp³-hybridized carbons (Fsp3) is 0.100. The van der Waals surface area contributed by atoms with Gasteiger partial charge in [0.05, 0.1) is 0 Å². The van der Waals surface area contributed by atoms with Crippen LogP contribution in [0.2, 0.25) is 0 Å². The highest BCUT2D eigenvalue weighted by Gasteiger charge is 2.18. The molecule has 0 spiro atoms. The molecule has 2 N–H and O–H groups in total. The van der Waals surface area contributed by atoms with Gasteiger partial charge in [0.15, 0.2) is 6.61 Å². The van der Waals surface area contributed by atoms with Crippen LogP contribution in [-0.4, -0.2) is 22.8 Å². The summed E-state index contributed by atoms with van der Waals surface area (Å²) in [5.41, 5.74) is 0.374. The van der Waals surface area contributed by atoms with Gasteiger partial charge in [0.2, 0.25) is 0 Å². The van der Waals surface area contributed by atoms with Crippen LogP contribution >= 0.6 is 11.8 Å². The summed E-state index contributed by atoms with van der Waals surface area (Å²) in [5.74, 6) is -0.569. The van der Waals surface area contributed by atoms with Crippen molar-refractivity contribution in [1.82, 2.24) is 0 Å². The molecule has 0 fully saturated rings. The van der Waals surface area contributed by atoms with E-state index in [9.17, 15) is 14.7 Å². The number of aliphatic carboxylic acids is 1. The summed E-state index contributed by atoms with van der Waals surface area (Å²) in [6, 6.07) is 15.6. The van der Waals surface area contributed by atoms with E-state index in [1.165, 1.54) is 0 Å². The molecular weight excluding hydrogens is 368 g/mol. The van der Waals surface area contributed by atoms with Gasteiger partial charge in [0.1, 0.15) is 22.2 Å². The minimum atomic E-state index is -1.07. The predicted molar refractivity (Wildman–Crippen MR) is 101 cm³/mol. The van der Waals surface area contributed by atoms with Crippen LogP contribution in [0.3, 0.4) is 0 Å². The van der Waals surface area contributed by atoms with Crippen molar-refractivity contribution in [1.29, 1.82) is 0 Å². The summed E-state index contributed by atoms with van der Waals surface area (Å²) in [4.78, 5) is 23.9. The van der Waals surface area contributed by atoms with Gasteiger partial charge in [-0.25, -0.2) is 9.59 Å². The largest absolute Gasteiger partial charge is 0.506 e. The van der Waals surface area contributed by atoms with E-state index in [0.717, 1.165) is 16.7 Å². The summed E-state index contributed by atoms with van der Waals surface area (Å²) in [6.07, 6.45) is 0. The molecule has 1 heterocycles. The maximum Gasteiger partial charge on any atom is 0.354 e. The normalized spacial score (nSPS) is 10.6. The van der Waals surface area contributed by atoms with Gasteiger partial charge in [-0.3, -0.25) is 0 Å². The van der Waals surface area contributed by atoms with Crippen LogP contribution in [0, 0.1) is 6.92 Å². The summed E-state index contributed by atoms with van der Waals surface area (Å²) < 4.78 is 10.5. The van der Waals surface area contributed by atoms with Crippen molar-refractivity contribution in [2.45, 2.75) is 16.7 Å². The molecule has 0 radical (unpaired) electrons. The Kier molecular flexibility index (Phi) is 5.52. The van der Waals surface area contributed by atoms with Gasteiger partial charge in [-0.1, -0.05) is 30.0 Å². The first-order chi connectivity index (χ1) is 13.0. The van der Waals surface area contributed by atoms with Crippen LogP contribution in [0.4, 0.5) is 0 Å². The van der Waals surface area contributed by atoms with Gasteiger partial charge < -0.3 is 19.4 Å². The van der Waals surface area contributed by atoms with E-state index < -0.39 is 18.2 Å². The third-order valence-corrected chi connectivity index (χ3v) is 4.80. The Bertz CT molecular complexity index is 1010. The second-order valence-corrected chi connectivity index (χ2v) is 6.73. The van der Waals surface area contributed by atoms with Crippen molar-refractivity contribution in [3.63, 3.8) is 0 Å². The topological polar surface area (TPSA) is 97.0 Å². The van der Waals surface area contributed by atoms with Gasteiger partial charge in [-0.15, -0.1) is 0 Å². The Morgan fingerprint density at radius 3 is 2.41 bits per heavy atom. The van der Waals surface area contributed by atoms with E-state index in [-0.39, 0.29) is 16.4 Å². The van der Waals surface area contributed by atoms with E-state index in [2.05, 4.69) is 0 Å². The van der Waals surface area contributed by atoms with Crippen LogP contribution in [0.25, 0.3) is 11.3 Å². The molecule has 0 atom stereocenters. The Morgan fingerprint density at radius 1 is 1.11 bits per heavy atom. The molecule has 0 unspecified atom stereocenters. The maximum atomic E-state index is 12.4. The summed E-state index contributed by atoms with van der Waals surface area (Å²) in [5, 5.41) is 19.1. The Morgan fingerprint density at radius 2 is 1.78 bits per heavy atom. The molecule has 6 nitrogen and oxygen atoms in total. The molecule has 0 saturated carbocycles. The molecule has 0 aliphatic rings. The van der Waals surface area contributed by atoms with Gasteiger partial charge in [0.25, 0.3) is 0 Å². The highest BCUT2D eigenvalue weighted by molar-refractivity contribution is 7.99. The minimum Gasteiger partial charge on any atom is -0.506 e. The number of benzene rings is 2. The summed E-state index contributed by atoms with van der Waals surface area (Å²) >= 11 is 1.14. The molecule has 1 aromatic heterocycles. The van der Waals surface area contributed by atoms with Gasteiger partial charge in [-0.2, -0.15) is 0 Å². The molecular formula is C20H16O6S. The molecule has 7 heteroatoms. The fourth-order valence-corrected chi connectivity index (χ4v) is 3.31. The quantitative estimate of drug-likeness (QED) is 0.664. The molecule has 138 valence electrons. The Hall–Kier alpha value is -3.19. The average Bonchev–Trinajstić information content (AvgIpc) is 2.68. The molecule has 0 amide bonds. The molecule has 0 aliphatic carbocycles. The number of hydrogen-bond donors (Lipinski definition) is 2. The Labute approximate surface area is 159 Å². The standard InChI is InChI=1S/C20H16O6S/c1-12-17(23)19(27-15-5-3-2-4-6-15)20(24)26-18(12)13-7-9-14(10-8-13)25-11-16(21)22/h2-10,23H,11H2,1H3,(H,21,22). The lowest BCUT2D eigenvalue weighted by Crippen LogP contribution is -2.09. The fourth-order valence-electron chi connectivity index (χ4n) is 2.41. The lowest BCUT2D eigenvalue weighted by Gasteiger charge is -2.10. The van der Waals surface area contributed by atoms with Crippen LogP contribution in [0.1, 0.15) is 5.56 Å². The molecule has 0 bridgehead atoms. The van der Waals surface area contributed by atoms with Crippen molar-refractivity contribution >= 4 is 17.7 Å². The zero-order valence-electron chi connectivity index (χ0n) is 14.3. The van der Waals surface area contributed by atoms with Crippen molar-refractivity contribution in [3.05, 3.63) is 70.6 Å². The predicted octanol–water partition coefficient (Wildman–Crippen LogP) is 3.94. The van der Waals surface area contributed by atoms with Crippen LogP contribution in [-0.2, 0) is 4.79 Å². The summed E-state index contributed by atoms with van der Waals surface area (Å²) in [6.45, 7) is 1.22. The third-order valence-electron chi connectivity index (χ3n) is 3.73. The van der Waals surface area contributed by atoms with Crippen LogP contribution < -0.4 is 10.4 Å². The highest BCUT2D eigenvalue weighted by Crippen LogP contribution is 2.37. The van der Waals surface area contributed by atoms with E-state index in [4.69, 9.17) is 14.3 Å². The first-order valence-electron chi connectivity index (χ1n) is 8.00. The van der Waals surface area contributed by atoms with E-state index in [1.54, 1.807) is 31.2 Å². The molecule has 0 saturated heterocycles. The van der Waals surface area contributed by atoms with Crippen LogP contribution in [0.5, 0.6) is 11.5 Å². The molecule has 27 heavy (non-hydrogen) atoms. The molecule has 3 aromatic rings. The van der Waals surface area contributed by atoms with Crippen molar-refractivity contribution in [2.24, 2.45) is 0 Å². The first-order valence-corrected chi connectivity index (χ1v) is 8.82. The zero-order chi connectivity index (χ0) is 19.4. The number of carbonyl (C=O) groups is 1. The zero-order valence-corrected chi connectivity index (χ0v) is 15.2. The lowest BCUT2D eigenvalue weighted by atomic mass is 10.1. The van der Waals surface area contributed by atoms with E-state index in [1.807, 2.05) is 30.3 Å². The smallest absolute Gasteiger partial charge is 0.354 e.